The Morgan fingerprint density at radius 3 is 2.50 bits per heavy atom. The highest BCUT2D eigenvalue weighted by molar-refractivity contribution is 9.11. The van der Waals surface area contributed by atoms with E-state index in [1.165, 1.54) is 4.31 Å². The molecule has 0 aliphatic carbocycles. The van der Waals surface area contributed by atoms with Crippen molar-refractivity contribution in [3.63, 3.8) is 0 Å². The Morgan fingerprint density at radius 1 is 1.33 bits per heavy atom. The first-order valence-corrected chi connectivity index (χ1v) is 9.25. The minimum atomic E-state index is -3.45. The van der Waals surface area contributed by atoms with E-state index < -0.39 is 10.0 Å². The van der Waals surface area contributed by atoms with E-state index in [9.17, 15) is 8.42 Å². The van der Waals surface area contributed by atoms with Crippen LogP contribution in [0, 0.1) is 0 Å². The second kappa shape index (κ2) is 6.83. The first-order valence-electron chi connectivity index (χ1n) is 5.30. The fourth-order valence-corrected chi connectivity index (χ4v) is 4.17. The highest BCUT2D eigenvalue weighted by Crippen LogP contribution is 2.27. The summed E-state index contributed by atoms with van der Waals surface area (Å²) in [4.78, 5) is 0.572. The summed E-state index contributed by atoms with van der Waals surface area (Å²) in [7, 11) is -1.86. The minimum absolute atomic E-state index is 0.279. The SMILES string of the molecule is CC(Br)CCN(C)S(=O)(=O)c1cc(Br)ccc1Br. The molecule has 1 aromatic rings. The molecule has 0 spiro atoms. The van der Waals surface area contributed by atoms with Gasteiger partial charge in [0.05, 0.1) is 4.90 Å². The molecular formula is C11H14Br3NO2S. The summed E-state index contributed by atoms with van der Waals surface area (Å²) in [6, 6.07) is 5.12. The van der Waals surface area contributed by atoms with Gasteiger partial charge in [0.25, 0.3) is 0 Å². The van der Waals surface area contributed by atoms with Gasteiger partial charge in [0.1, 0.15) is 0 Å². The fourth-order valence-electron chi connectivity index (χ4n) is 1.32. The van der Waals surface area contributed by atoms with E-state index in [-0.39, 0.29) is 4.90 Å². The van der Waals surface area contributed by atoms with Crippen molar-refractivity contribution in [2.45, 2.75) is 23.1 Å². The number of halogens is 3. The minimum Gasteiger partial charge on any atom is -0.207 e. The van der Waals surface area contributed by atoms with Gasteiger partial charge in [0.2, 0.25) is 10.0 Å². The second-order valence-electron chi connectivity index (χ2n) is 3.97. The maximum atomic E-state index is 12.4. The van der Waals surface area contributed by atoms with Gasteiger partial charge in [-0.1, -0.05) is 38.8 Å². The summed E-state index contributed by atoms with van der Waals surface area (Å²) in [5.41, 5.74) is 0. The Labute approximate surface area is 133 Å². The van der Waals surface area contributed by atoms with E-state index >= 15 is 0 Å². The third-order valence-corrected chi connectivity index (χ3v) is 6.23. The molecule has 0 bridgehead atoms. The predicted molar refractivity (Wildman–Crippen MR) is 84.7 cm³/mol. The lowest BCUT2D eigenvalue weighted by molar-refractivity contribution is 0.462. The van der Waals surface area contributed by atoms with Crippen LogP contribution in [0.4, 0.5) is 0 Å². The fraction of sp³-hybridized carbons (Fsp3) is 0.455. The van der Waals surface area contributed by atoms with Gasteiger partial charge in [0.15, 0.2) is 0 Å². The Morgan fingerprint density at radius 2 is 1.94 bits per heavy atom. The first kappa shape index (κ1) is 16.6. The average Bonchev–Trinajstić information content (AvgIpc) is 2.28. The Bertz CT molecular complexity index is 517. The molecule has 1 rings (SSSR count). The molecule has 3 nitrogen and oxygen atoms in total. The zero-order chi connectivity index (χ0) is 13.9. The van der Waals surface area contributed by atoms with Crippen molar-refractivity contribution in [1.82, 2.24) is 4.31 Å². The van der Waals surface area contributed by atoms with Crippen LogP contribution < -0.4 is 0 Å². The number of alkyl halides is 1. The van der Waals surface area contributed by atoms with Crippen LogP contribution in [0.2, 0.25) is 0 Å². The normalized spacial score (nSPS) is 13.9. The van der Waals surface area contributed by atoms with E-state index in [1.54, 1.807) is 25.2 Å². The first-order chi connectivity index (χ1) is 8.25. The lowest BCUT2D eigenvalue weighted by atomic mass is 10.3. The highest BCUT2D eigenvalue weighted by atomic mass is 79.9. The topological polar surface area (TPSA) is 37.4 Å². The van der Waals surface area contributed by atoms with Crippen LogP contribution in [0.25, 0.3) is 0 Å². The molecule has 0 amide bonds. The lowest BCUT2D eigenvalue weighted by Gasteiger charge is -2.18. The molecule has 0 fully saturated rings. The van der Waals surface area contributed by atoms with Crippen molar-refractivity contribution >= 4 is 57.8 Å². The van der Waals surface area contributed by atoms with Gasteiger partial charge in [-0.15, -0.1) is 0 Å². The van der Waals surface area contributed by atoms with Crippen LogP contribution in [0.1, 0.15) is 13.3 Å². The smallest absolute Gasteiger partial charge is 0.207 e. The summed E-state index contributed by atoms with van der Waals surface area (Å²) in [6.07, 6.45) is 0.765. The van der Waals surface area contributed by atoms with Gasteiger partial charge < -0.3 is 0 Å². The molecule has 18 heavy (non-hydrogen) atoms. The maximum absolute atomic E-state index is 12.4. The van der Waals surface area contributed by atoms with Gasteiger partial charge in [0, 0.05) is 27.4 Å². The van der Waals surface area contributed by atoms with Crippen molar-refractivity contribution in [2.24, 2.45) is 0 Å². The van der Waals surface area contributed by atoms with Crippen LogP contribution in [0.3, 0.4) is 0 Å². The van der Waals surface area contributed by atoms with Gasteiger partial charge in [-0.25, -0.2) is 12.7 Å². The van der Waals surface area contributed by atoms with E-state index in [0.717, 1.165) is 10.9 Å². The third kappa shape index (κ3) is 4.30. The molecule has 1 aromatic carbocycles. The molecular weight excluding hydrogens is 450 g/mol. The van der Waals surface area contributed by atoms with E-state index in [1.807, 2.05) is 6.92 Å². The summed E-state index contributed by atoms with van der Waals surface area (Å²) < 4.78 is 27.4. The van der Waals surface area contributed by atoms with Gasteiger partial charge in [-0.3, -0.25) is 0 Å². The molecule has 0 aliphatic heterocycles. The summed E-state index contributed by atoms with van der Waals surface area (Å²) in [5.74, 6) is 0. The molecule has 0 saturated heterocycles. The number of hydrogen-bond acceptors (Lipinski definition) is 2. The standard InChI is InChI=1S/C11H14Br3NO2S/c1-8(12)5-6-15(2)18(16,17)11-7-9(13)3-4-10(11)14/h3-4,7-8H,5-6H2,1-2H3. The van der Waals surface area contributed by atoms with Crippen LogP contribution in [-0.2, 0) is 10.0 Å². The molecule has 1 atom stereocenters. The zero-order valence-electron chi connectivity index (χ0n) is 10.0. The Kier molecular flexibility index (Phi) is 6.31. The zero-order valence-corrected chi connectivity index (χ0v) is 15.6. The number of benzene rings is 1. The Hall–Kier alpha value is 0.570. The summed E-state index contributed by atoms with van der Waals surface area (Å²) >= 11 is 9.98. The molecule has 0 radical (unpaired) electrons. The number of rotatable bonds is 5. The van der Waals surface area contributed by atoms with E-state index in [4.69, 9.17) is 0 Å². The average molecular weight is 464 g/mol. The Balaban J connectivity index is 3.02. The van der Waals surface area contributed by atoms with Crippen LogP contribution in [-0.4, -0.2) is 31.1 Å². The molecule has 7 heteroatoms. The summed E-state index contributed by atoms with van der Waals surface area (Å²) in [6.45, 7) is 2.48. The third-order valence-electron chi connectivity index (χ3n) is 2.42. The van der Waals surface area contributed by atoms with Crippen molar-refractivity contribution in [3.8, 4) is 0 Å². The van der Waals surface area contributed by atoms with E-state index in [0.29, 0.717) is 15.8 Å². The van der Waals surface area contributed by atoms with Gasteiger partial charge >= 0.3 is 0 Å². The second-order valence-corrected chi connectivity index (χ2v) is 9.32. The molecule has 0 aromatic heterocycles. The monoisotopic (exact) mass is 461 g/mol. The molecule has 0 saturated carbocycles. The number of nitrogens with zero attached hydrogens (tertiary/aromatic N) is 1. The van der Waals surface area contributed by atoms with Crippen molar-refractivity contribution in [1.29, 1.82) is 0 Å². The lowest BCUT2D eigenvalue weighted by Crippen LogP contribution is -2.29. The number of hydrogen-bond donors (Lipinski definition) is 0. The molecule has 1 unspecified atom stereocenters. The molecule has 102 valence electrons. The van der Waals surface area contributed by atoms with Crippen LogP contribution >= 0.6 is 47.8 Å². The quantitative estimate of drug-likeness (QED) is 0.619. The van der Waals surface area contributed by atoms with Gasteiger partial charge in [-0.05, 0) is 40.5 Å². The molecule has 0 heterocycles. The van der Waals surface area contributed by atoms with Crippen molar-refractivity contribution in [2.75, 3.05) is 13.6 Å². The highest BCUT2D eigenvalue weighted by Gasteiger charge is 2.23. The molecule has 0 aliphatic rings. The maximum Gasteiger partial charge on any atom is 0.243 e. The predicted octanol–water partition coefficient (Wildman–Crippen LogP) is 4.01. The van der Waals surface area contributed by atoms with E-state index in [2.05, 4.69) is 47.8 Å². The summed E-state index contributed by atoms with van der Waals surface area (Å²) in [5, 5.41) is 0. The van der Waals surface area contributed by atoms with Crippen molar-refractivity contribution in [3.05, 3.63) is 27.1 Å². The van der Waals surface area contributed by atoms with Gasteiger partial charge in [-0.2, -0.15) is 0 Å². The van der Waals surface area contributed by atoms with Crippen molar-refractivity contribution < 1.29 is 8.42 Å². The number of sulfonamides is 1. The molecule has 0 N–H and O–H groups in total. The largest absolute Gasteiger partial charge is 0.243 e. The van der Waals surface area contributed by atoms with Crippen LogP contribution in [0.5, 0.6) is 0 Å². The van der Waals surface area contributed by atoms with Crippen LogP contribution in [0.15, 0.2) is 32.0 Å².